The van der Waals surface area contributed by atoms with Gasteiger partial charge in [-0.3, -0.25) is 9.48 Å². The second-order valence-corrected chi connectivity index (χ2v) is 7.52. The number of likely N-dealkylation sites (tertiary alicyclic amines) is 1. The summed E-state index contributed by atoms with van der Waals surface area (Å²) in [5.41, 5.74) is 3.64. The van der Waals surface area contributed by atoms with Crippen LogP contribution in [0.3, 0.4) is 0 Å². The van der Waals surface area contributed by atoms with E-state index in [0.717, 1.165) is 43.6 Å². The lowest BCUT2D eigenvalue weighted by atomic mass is 10.1. The SMILES string of the molecule is Cn1nccc1-c1cnc(F)c(-c2cccc3c(C(=O)N4CCCCC4)cnn23)c1. The van der Waals surface area contributed by atoms with E-state index >= 15 is 0 Å². The van der Waals surface area contributed by atoms with Gasteiger partial charge in [-0.25, -0.2) is 9.50 Å². The molecule has 7 nitrogen and oxygen atoms in total. The average Bonchev–Trinajstić information content (AvgIpc) is 3.40. The molecular weight excluding hydrogens is 383 g/mol. The van der Waals surface area contributed by atoms with Gasteiger partial charge in [-0.2, -0.15) is 14.6 Å². The van der Waals surface area contributed by atoms with Crippen molar-refractivity contribution in [1.82, 2.24) is 29.3 Å². The molecule has 0 saturated carbocycles. The lowest BCUT2D eigenvalue weighted by molar-refractivity contribution is 0.0726. The number of hydrogen-bond acceptors (Lipinski definition) is 4. The minimum absolute atomic E-state index is 0.0240. The highest BCUT2D eigenvalue weighted by atomic mass is 19.1. The van der Waals surface area contributed by atoms with Crippen molar-refractivity contribution < 1.29 is 9.18 Å². The van der Waals surface area contributed by atoms with Crippen LogP contribution in [0, 0.1) is 5.95 Å². The van der Waals surface area contributed by atoms with Crippen molar-refractivity contribution in [2.45, 2.75) is 19.3 Å². The van der Waals surface area contributed by atoms with E-state index in [-0.39, 0.29) is 5.91 Å². The monoisotopic (exact) mass is 404 g/mol. The van der Waals surface area contributed by atoms with Crippen molar-refractivity contribution in [3.63, 3.8) is 0 Å². The molecule has 0 radical (unpaired) electrons. The van der Waals surface area contributed by atoms with Gasteiger partial charge in [0.05, 0.1) is 34.2 Å². The first-order valence-electron chi connectivity index (χ1n) is 10.0. The summed E-state index contributed by atoms with van der Waals surface area (Å²) < 4.78 is 18.1. The molecule has 1 aliphatic heterocycles. The Bertz CT molecular complexity index is 1240. The van der Waals surface area contributed by atoms with Gasteiger partial charge in [0.15, 0.2) is 0 Å². The Kier molecular flexibility index (Phi) is 4.54. The summed E-state index contributed by atoms with van der Waals surface area (Å²) >= 11 is 0. The molecule has 5 rings (SSSR count). The molecule has 0 spiro atoms. The molecule has 1 fully saturated rings. The molecule has 0 aliphatic carbocycles. The van der Waals surface area contributed by atoms with Crippen molar-refractivity contribution in [2.24, 2.45) is 7.05 Å². The van der Waals surface area contributed by atoms with Gasteiger partial charge >= 0.3 is 0 Å². The fourth-order valence-electron chi connectivity index (χ4n) is 4.07. The van der Waals surface area contributed by atoms with Crippen LogP contribution in [-0.4, -0.2) is 48.3 Å². The number of nitrogens with zero attached hydrogens (tertiary/aromatic N) is 6. The Balaban J connectivity index is 1.60. The van der Waals surface area contributed by atoms with E-state index in [1.165, 1.54) is 6.20 Å². The zero-order valence-electron chi connectivity index (χ0n) is 16.6. The second-order valence-electron chi connectivity index (χ2n) is 7.52. The van der Waals surface area contributed by atoms with Crippen LogP contribution in [0.2, 0.25) is 0 Å². The van der Waals surface area contributed by atoms with Crippen molar-refractivity contribution in [1.29, 1.82) is 0 Å². The summed E-state index contributed by atoms with van der Waals surface area (Å²) in [5.74, 6) is -0.614. The normalized spacial score (nSPS) is 14.4. The van der Waals surface area contributed by atoms with Gasteiger partial charge in [0.1, 0.15) is 0 Å². The van der Waals surface area contributed by atoms with E-state index in [0.29, 0.717) is 22.3 Å². The van der Waals surface area contributed by atoms with Crippen LogP contribution in [0.15, 0.2) is 48.9 Å². The van der Waals surface area contributed by atoms with Gasteiger partial charge in [-0.15, -0.1) is 0 Å². The first-order chi connectivity index (χ1) is 14.6. The molecule has 8 heteroatoms. The number of hydrogen-bond donors (Lipinski definition) is 0. The predicted molar refractivity (Wildman–Crippen MR) is 110 cm³/mol. The zero-order chi connectivity index (χ0) is 20.7. The number of amides is 1. The minimum Gasteiger partial charge on any atom is -0.339 e. The van der Waals surface area contributed by atoms with Crippen LogP contribution in [-0.2, 0) is 7.05 Å². The molecule has 5 heterocycles. The molecule has 1 amide bonds. The fourth-order valence-corrected chi connectivity index (χ4v) is 4.07. The molecule has 0 unspecified atom stereocenters. The average molecular weight is 404 g/mol. The van der Waals surface area contributed by atoms with Crippen LogP contribution in [0.5, 0.6) is 0 Å². The molecule has 4 aromatic rings. The van der Waals surface area contributed by atoms with Crippen molar-refractivity contribution >= 4 is 11.4 Å². The van der Waals surface area contributed by atoms with Crippen LogP contribution in [0.25, 0.3) is 28.0 Å². The molecule has 0 N–H and O–H groups in total. The number of aromatic nitrogens is 5. The maximum Gasteiger partial charge on any atom is 0.257 e. The number of pyridine rings is 2. The first kappa shape index (κ1) is 18.5. The Morgan fingerprint density at radius 1 is 1.03 bits per heavy atom. The van der Waals surface area contributed by atoms with E-state index < -0.39 is 5.95 Å². The molecule has 4 aromatic heterocycles. The number of aryl methyl sites for hydroxylation is 1. The minimum atomic E-state index is -0.590. The third kappa shape index (κ3) is 3.04. The van der Waals surface area contributed by atoms with E-state index in [1.54, 1.807) is 33.7 Å². The third-order valence-corrected chi connectivity index (χ3v) is 5.65. The number of rotatable bonds is 3. The number of fused-ring (bicyclic) bond motifs is 1. The lowest BCUT2D eigenvalue weighted by Gasteiger charge is -2.26. The summed E-state index contributed by atoms with van der Waals surface area (Å²) in [6.07, 6.45) is 7.95. The summed E-state index contributed by atoms with van der Waals surface area (Å²) in [6, 6.07) is 9.02. The number of halogens is 1. The van der Waals surface area contributed by atoms with Gasteiger partial charge in [0, 0.05) is 38.1 Å². The van der Waals surface area contributed by atoms with Crippen molar-refractivity contribution in [3.05, 3.63) is 60.4 Å². The molecule has 0 aromatic carbocycles. The molecular formula is C22H21FN6O. The van der Waals surface area contributed by atoms with Crippen molar-refractivity contribution in [2.75, 3.05) is 13.1 Å². The Labute approximate surface area is 172 Å². The molecule has 1 saturated heterocycles. The maximum absolute atomic E-state index is 14.7. The van der Waals surface area contributed by atoms with E-state index in [4.69, 9.17) is 0 Å². The summed E-state index contributed by atoms with van der Waals surface area (Å²) in [4.78, 5) is 18.8. The van der Waals surface area contributed by atoms with Crippen LogP contribution < -0.4 is 0 Å². The molecule has 30 heavy (non-hydrogen) atoms. The van der Waals surface area contributed by atoms with Gasteiger partial charge in [0.2, 0.25) is 5.95 Å². The Morgan fingerprint density at radius 2 is 1.87 bits per heavy atom. The molecule has 152 valence electrons. The summed E-state index contributed by atoms with van der Waals surface area (Å²) in [6.45, 7) is 1.53. The largest absolute Gasteiger partial charge is 0.339 e. The van der Waals surface area contributed by atoms with E-state index in [1.807, 2.05) is 30.1 Å². The standard InChI is InChI=1S/C22H21FN6O/c1-27-18(8-9-25-27)15-12-16(21(23)24-13-15)19-6-5-7-20-17(14-26-29(19)20)22(30)28-10-3-2-4-11-28/h5-9,12-14H,2-4,10-11H2,1H3. The highest BCUT2D eigenvalue weighted by Crippen LogP contribution is 2.29. The number of carbonyl (C=O) groups excluding carboxylic acids is 1. The fraction of sp³-hybridized carbons (Fsp3) is 0.273. The van der Waals surface area contributed by atoms with Gasteiger partial charge in [-0.05, 0) is 43.5 Å². The van der Waals surface area contributed by atoms with Crippen molar-refractivity contribution in [3.8, 4) is 22.5 Å². The quantitative estimate of drug-likeness (QED) is 0.490. The Hall–Kier alpha value is -3.55. The van der Waals surface area contributed by atoms with Gasteiger partial charge < -0.3 is 4.90 Å². The first-order valence-corrected chi connectivity index (χ1v) is 10.0. The maximum atomic E-state index is 14.7. The number of piperidine rings is 1. The van der Waals surface area contributed by atoms with Gasteiger partial charge in [-0.1, -0.05) is 6.07 Å². The molecule has 1 aliphatic rings. The molecule has 0 atom stereocenters. The smallest absolute Gasteiger partial charge is 0.257 e. The second kappa shape index (κ2) is 7.37. The highest BCUT2D eigenvalue weighted by Gasteiger charge is 2.23. The summed E-state index contributed by atoms with van der Waals surface area (Å²) in [5, 5.41) is 8.59. The Morgan fingerprint density at radius 3 is 2.63 bits per heavy atom. The topological polar surface area (TPSA) is 68.3 Å². The van der Waals surface area contributed by atoms with E-state index in [9.17, 15) is 9.18 Å². The van der Waals surface area contributed by atoms with Crippen LogP contribution >= 0.6 is 0 Å². The predicted octanol–water partition coefficient (Wildman–Crippen LogP) is 3.56. The van der Waals surface area contributed by atoms with Crippen LogP contribution in [0.4, 0.5) is 4.39 Å². The van der Waals surface area contributed by atoms with Crippen LogP contribution in [0.1, 0.15) is 29.6 Å². The van der Waals surface area contributed by atoms with E-state index in [2.05, 4.69) is 15.2 Å². The number of carbonyl (C=O) groups is 1. The summed E-state index contributed by atoms with van der Waals surface area (Å²) in [7, 11) is 1.82. The zero-order valence-corrected chi connectivity index (χ0v) is 16.6. The van der Waals surface area contributed by atoms with Gasteiger partial charge in [0.25, 0.3) is 5.91 Å². The highest BCUT2D eigenvalue weighted by molar-refractivity contribution is 6.01. The third-order valence-electron chi connectivity index (χ3n) is 5.65. The lowest BCUT2D eigenvalue weighted by Crippen LogP contribution is -2.35. The molecule has 0 bridgehead atoms.